The average molecular weight is 169 g/mol. The van der Waals surface area contributed by atoms with Crippen molar-refractivity contribution in [3.05, 3.63) is 11.5 Å². The highest BCUT2D eigenvalue weighted by Crippen LogP contribution is 2.30. The van der Waals surface area contributed by atoms with E-state index in [1.54, 1.807) is 0 Å². The molecule has 2 atom stereocenters. The second kappa shape index (κ2) is 2.89. The Morgan fingerprint density at radius 3 is 3.45 bits per heavy atom. The molecule has 11 heavy (non-hydrogen) atoms. The van der Waals surface area contributed by atoms with Gasteiger partial charge in [0, 0.05) is 11.7 Å². The SMILES string of the molecule is O=C1CCCC2SC=CC2N1. The molecule has 0 aromatic heterocycles. The van der Waals surface area contributed by atoms with E-state index >= 15 is 0 Å². The quantitative estimate of drug-likeness (QED) is 0.592. The van der Waals surface area contributed by atoms with Crippen molar-refractivity contribution in [3.63, 3.8) is 0 Å². The van der Waals surface area contributed by atoms with Gasteiger partial charge in [-0.1, -0.05) is 6.08 Å². The molecule has 2 rings (SSSR count). The van der Waals surface area contributed by atoms with Crippen LogP contribution in [0.4, 0.5) is 0 Å². The van der Waals surface area contributed by atoms with Crippen LogP contribution in [0.2, 0.25) is 0 Å². The maximum atomic E-state index is 11.1. The Hall–Kier alpha value is -0.440. The lowest BCUT2D eigenvalue weighted by Crippen LogP contribution is -2.35. The highest BCUT2D eigenvalue weighted by atomic mass is 32.2. The summed E-state index contributed by atoms with van der Waals surface area (Å²) in [6, 6.07) is 0.315. The van der Waals surface area contributed by atoms with Gasteiger partial charge in [0.2, 0.25) is 5.91 Å². The van der Waals surface area contributed by atoms with E-state index in [0.29, 0.717) is 17.7 Å². The van der Waals surface area contributed by atoms with Crippen molar-refractivity contribution in [1.29, 1.82) is 0 Å². The van der Waals surface area contributed by atoms with Gasteiger partial charge in [0.25, 0.3) is 0 Å². The van der Waals surface area contributed by atoms with Crippen LogP contribution in [0.25, 0.3) is 0 Å². The van der Waals surface area contributed by atoms with E-state index < -0.39 is 0 Å². The molecule has 0 radical (unpaired) electrons. The van der Waals surface area contributed by atoms with E-state index in [4.69, 9.17) is 0 Å². The lowest BCUT2D eigenvalue weighted by Gasteiger charge is -2.14. The second-order valence-corrected chi connectivity index (χ2v) is 4.14. The zero-order valence-electron chi connectivity index (χ0n) is 6.25. The highest BCUT2D eigenvalue weighted by molar-refractivity contribution is 8.03. The van der Waals surface area contributed by atoms with Gasteiger partial charge in [0.05, 0.1) is 6.04 Å². The molecule has 0 saturated carbocycles. The minimum Gasteiger partial charge on any atom is -0.349 e. The first kappa shape index (κ1) is 7.22. The first-order chi connectivity index (χ1) is 5.36. The smallest absolute Gasteiger partial charge is 0.220 e. The van der Waals surface area contributed by atoms with Crippen molar-refractivity contribution in [2.75, 3.05) is 0 Å². The van der Waals surface area contributed by atoms with Gasteiger partial charge in [-0.3, -0.25) is 4.79 Å². The van der Waals surface area contributed by atoms with E-state index in [1.807, 2.05) is 11.8 Å². The Morgan fingerprint density at radius 2 is 2.55 bits per heavy atom. The topological polar surface area (TPSA) is 29.1 Å². The fourth-order valence-corrected chi connectivity index (χ4v) is 2.64. The van der Waals surface area contributed by atoms with Crippen molar-refractivity contribution >= 4 is 17.7 Å². The number of amides is 1. The van der Waals surface area contributed by atoms with Gasteiger partial charge in [0.15, 0.2) is 0 Å². The number of nitrogens with one attached hydrogen (secondary N) is 1. The Labute approximate surface area is 70.4 Å². The third-order valence-corrected chi connectivity index (χ3v) is 3.35. The molecular formula is C8H11NOS. The van der Waals surface area contributed by atoms with E-state index in [1.165, 1.54) is 6.42 Å². The fraction of sp³-hybridized carbons (Fsp3) is 0.625. The van der Waals surface area contributed by atoms with Crippen LogP contribution < -0.4 is 5.32 Å². The van der Waals surface area contributed by atoms with E-state index in [9.17, 15) is 4.79 Å². The van der Waals surface area contributed by atoms with Crippen molar-refractivity contribution < 1.29 is 4.79 Å². The van der Waals surface area contributed by atoms with E-state index in [0.717, 1.165) is 6.42 Å². The van der Waals surface area contributed by atoms with Crippen LogP contribution in [0, 0.1) is 0 Å². The standard InChI is InChI=1S/C8H11NOS/c10-8-3-1-2-7-6(9-8)4-5-11-7/h4-7H,1-3H2,(H,9,10). The maximum absolute atomic E-state index is 11.1. The summed E-state index contributed by atoms with van der Waals surface area (Å²) in [7, 11) is 0. The number of carbonyl (C=O) groups is 1. The molecule has 0 aliphatic carbocycles. The molecule has 1 fully saturated rings. The summed E-state index contributed by atoms with van der Waals surface area (Å²) >= 11 is 1.85. The summed E-state index contributed by atoms with van der Waals surface area (Å²) < 4.78 is 0. The number of hydrogen-bond acceptors (Lipinski definition) is 2. The molecule has 0 aromatic rings. The maximum Gasteiger partial charge on any atom is 0.220 e. The van der Waals surface area contributed by atoms with Crippen molar-refractivity contribution in [2.45, 2.75) is 30.6 Å². The first-order valence-corrected chi connectivity index (χ1v) is 4.92. The minimum atomic E-state index is 0.213. The molecule has 0 spiro atoms. The summed E-state index contributed by atoms with van der Waals surface area (Å²) in [5, 5.41) is 5.70. The molecule has 2 unspecified atom stereocenters. The van der Waals surface area contributed by atoms with E-state index in [2.05, 4.69) is 16.8 Å². The summed E-state index contributed by atoms with van der Waals surface area (Å²) in [5.41, 5.74) is 0. The monoisotopic (exact) mass is 169 g/mol. The number of thioether (sulfide) groups is 1. The number of fused-ring (bicyclic) bond motifs is 1. The molecule has 1 amide bonds. The van der Waals surface area contributed by atoms with Crippen LogP contribution in [-0.4, -0.2) is 17.2 Å². The number of rotatable bonds is 0. The molecule has 0 bridgehead atoms. The van der Waals surface area contributed by atoms with Gasteiger partial charge < -0.3 is 5.32 Å². The Balaban J connectivity index is 2.08. The molecule has 2 nitrogen and oxygen atoms in total. The second-order valence-electron chi connectivity index (χ2n) is 2.99. The summed E-state index contributed by atoms with van der Waals surface area (Å²) in [5.74, 6) is 0.213. The van der Waals surface area contributed by atoms with Crippen LogP contribution in [0.15, 0.2) is 11.5 Å². The fourth-order valence-electron chi connectivity index (χ4n) is 1.55. The molecule has 2 aliphatic rings. The Kier molecular flexibility index (Phi) is 1.90. The third-order valence-electron chi connectivity index (χ3n) is 2.16. The molecule has 1 N–H and O–H groups in total. The number of carbonyl (C=O) groups excluding carboxylic acids is 1. The molecule has 2 aliphatic heterocycles. The molecule has 60 valence electrons. The summed E-state index contributed by atoms with van der Waals surface area (Å²) in [4.78, 5) is 11.1. The lowest BCUT2D eigenvalue weighted by molar-refractivity contribution is -0.121. The number of hydrogen-bond donors (Lipinski definition) is 1. The van der Waals surface area contributed by atoms with Gasteiger partial charge >= 0.3 is 0 Å². The van der Waals surface area contributed by atoms with Gasteiger partial charge in [-0.2, -0.15) is 0 Å². The Bertz CT molecular complexity index is 202. The van der Waals surface area contributed by atoms with Crippen LogP contribution in [0.1, 0.15) is 19.3 Å². The van der Waals surface area contributed by atoms with Crippen LogP contribution in [0.3, 0.4) is 0 Å². The molecule has 2 heterocycles. The molecule has 1 saturated heterocycles. The average Bonchev–Trinajstić information content (AvgIpc) is 2.31. The zero-order valence-corrected chi connectivity index (χ0v) is 7.06. The largest absolute Gasteiger partial charge is 0.349 e. The van der Waals surface area contributed by atoms with Gasteiger partial charge in [-0.25, -0.2) is 0 Å². The third kappa shape index (κ3) is 1.43. The predicted molar refractivity (Wildman–Crippen MR) is 46.3 cm³/mol. The predicted octanol–water partition coefficient (Wildman–Crippen LogP) is 1.28. The minimum absolute atomic E-state index is 0.213. The van der Waals surface area contributed by atoms with Crippen LogP contribution in [0.5, 0.6) is 0 Å². The van der Waals surface area contributed by atoms with Crippen molar-refractivity contribution in [3.8, 4) is 0 Å². The van der Waals surface area contributed by atoms with E-state index in [-0.39, 0.29) is 5.91 Å². The van der Waals surface area contributed by atoms with Gasteiger partial charge in [-0.05, 0) is 18.2 Å². The normalized spacial score (nSPS) is 36.2. The lowest BCUT2D eigenvalue weighted by atomic mass is 10.1. The molecule has 3 heteroatoms. The van der Waals surface area contributed by atoms with Crippen LogP contribution >= 0.6 is 11.8 Å². The van der Waals surface area contributed by atoms with Gasteiger partial charge in [0.1, 0.15) is 0 Å². The first-order valence-electron chi connectivity index (χ1n) is 3.98. The zero-order chi connectivity index (χ0) is 7.68. The Morgan fingerprint density at radius 1 is 1.64 bits per heavy atom. The molecule has 0 aromatic carbocycles. The van der Waals surface area contributed by atoms with Crippen molar-refractivity contribution in [2.24, 2.45) is 0 Å². The van der Waals surface area contributed by atoms with Crippen LogP contribution in [-0.2, 0) is 4.79 Å². The van der Waals surface area contributed by atoms with Gasteiger partial charge in [-0.15, -0.1) is 11.8 Å². The highest BCUT2D eigenvalue weighted by Gasteiger charge is 2.27. The summed E-state index contributed by atoms with van der Waals surface area (Å²) in [6.45, 7) is 0. The van der Waals surface area contributed by atoms with Crippen molar-refractivity contribution in [1.82, 2.24) is 5.32 Å². The molecular weight excluding hydrogens is 158 g/mol. The summed E-state index contributed by atoms with van der Waals surface area (Å²) in [6.07, 6.45) is 5.02.